The molecule has 1 aromatic carbocycles. The summed E-state index contributed by atoms with van der Waals surface area (Å²) in [5.74, 6) is 0.353. The van der Waals surface area contributed by atoms with Crippen LogP contribution in [0.4, 0.5) is 5.69 Å². The summed E-state index contributed by atoms with van der Waals surface area (Å²) in [5.41, 5.74) is 6.83. The average Bonchev–Trinajstić information content (AvgIpc) is 2.52. The molecule has 2 rings (SSSR count). The van der Waals surface area contributed by atoms with Gasteiger partial charge in [-0.3, -0.25) is 0 Å². The summed E-state index contributed by atoms with van der Waals surface area (Å²) in [6, 6.07) is 7.13. The predicted octanol–water partition coefficient (Wildman–Crippen LogP) is 2.98. The number of anilines is 1. The second-order valence-corrected chi connectivity index (χ2v) is 5.78. The van der Waals surface area contributed by atoms with Crippen molar-refractivity contribution >= 4 is 11.7 Å². The molecular weight excluding hydrogens is 264 g/mol. The van der Waals surface area contributed by atoms with Crippen LogP contribution in [0, 0.1) is 5.92 Å². The predicted molar refractivity (Wildman–Crippen MR) is 85.2 cm³/mol. The van der Waals surface area contributed by atoms with Crippen LogP contribution in [0.15, 0.2) is 24.3 Å². The third-order valence-corrected chi connectivity index (χ3v) is 4.23. The van der Waals surface area contributed by atoms with Gasteiger partial charge in [-0.05, 0) is 49.6 Å². The molecule has 116 valence electrons. The van der Waals surface area contributed by atoms with Crippen LogP contribution in [0.1, 0.15) is 49.4 Å². The second-order valence-electron chi connectivity index (χ2n) is 5.78. The van der Waals surface area contributed by atoms with Crippen LogP contribution in [0.5, 0.6) is 0 Å². The summed E-state index contributed by atoms with van der Waals surface area (Å²) in [6.07, 6.45) is 6.38. The Morgan fingerprint density at radius 1 is 1.29 bits per heavy atom. The number of carbonyl (C=O) groups is 1. The number of esters is 1. The molecular formula is C17H26N2O2. The van der Waals surface area contributed by atoms with Gasteiger partial charge in [0, 0.05) is 11.7 Å². The van der Waals surface area contributed by atoms with Crippen molar-refractivity contribution in [3.05, 3.63) is 29.8 Å². The van der Waals surface area contributed by atoms with Crippen molar-refractivity contribution in [2.24, 2.45) is 5.92 Å². The van der Waals surface area contributed by atoms with Crippen molar-refractivity contribution in [3.63, 3.8) is 0 Å². The molecule has 4 nitrogen and oxygen atoms in total. The van der Waals surface area contributed by atoms with E-state index in [2.05, 4.69) is 12.2 Å². The number of nitrogens with one attached hydrogen (secondary N) is 1. The number of rotatable bonds is 6. The molecule has 1 aromatic rings. The quantitative estimate of drug-likeness (QED) is 0.624. The molecule has 1 atom stereocenters. The molecule has 0 saturated heterocycles. The van der Waals surface area contributed by atoms with Gasteiger partial charge in [0.1, 0.15) is 6.61 Å². The van der Waals surface area contributed by atoms with Gasteiger partial charge in [-0.2, -0.15) is 0 Å². The Morgan fingerprint density at radius 2 is 1.95 bits per heavy atom. The van der Waals surface area contributed by atoms with Crippen molar-refractivity contribution < 1.29 is 9.53 Å². The number of carbonyl (C=O) groups excluding carboxylic acids is 1. The molecule has 3 N–H and O–H groups in total. The minimum absolute atomic E-state index is 0.270. The first-order chi connectivity index (χ1) is 10.2. The topological polar surface area (TPSA) is 64.3 Å². The lowest BCUT2D eigenvalue weighted by Crippen LogP contribution is -2.41. The Bertz CT molecular complexity index is 439. The molecule has 0 bridgehead atoms. The number of benzene rings is 1. The highest BCUT2D eigenvalue weighted by molar-refractivity contribution is 5.89. The largest absolute Gasteiger partial charge is 0.460 e. The molecule has 0 heterocycles. The maximum Gasteiger partial charge on any atom is 0.338 e. The highest BCUT2D eigenvalue weighted by Gasteiger charge is 2.24. The van der Waals surface area contributed by atoms with Crippen LogP contribution in [0.3, 0.4) is 0 Å². The molecule has 1 saturated carbocycles. The summed E-state index contributed by atoms with van der Waals surface area (Å²) in [7, 11) is 0. The maximum absolute atomic E-state index is 12.1. The fourth-order valence-electron chi connectivity index (χ4n) is 3.03. The fourth-order valence-corrected chi connectivity index (χ4v) is 3.03. The van der Waals surface area contributed by atoms with Crippen molar-refractivity contribution in [3.8, 4) is 0 Å². The van der Waals surface area contributed by atoms with Crippen molar-refractivity contribution in [1.29, 1.82) is 0 Å². The van der Waals surface area contributed by atoms with Gasteiger partial charge in [-0.25, -0.2) is 4.79 Å². The molecule has 0 radical (unpaired) electrons. The monoisotopic (exact) mass is 290 g/mol. The van der Waals surface area contributed by atoms with E-state index in [1.165, 1.54) is 32.1 Å². The molecule has 1 fully saturated rings. The van der Waals surface area contributed by atoms with Gasteiger partial charge in [0.15, 0.2) is 0 Å². The minimum Gasteiger partial charge on any atom is -0.460 e. The Balaban J connectivity index is 1.88. The number of ether oxygens (including phenoxy) is 1. The van der Waals surface area contributed by atoms with Gasteiger partial charge in [-0.1, -0.05) is 26.2 Å². The molecule has 1 unspecified atom stereocenters. The third kappa shape index (κ3) is 4.74. The summed E-state index contributed by atoms with van der Waals surface area (Å²) < 4.78 is 5.49. The van der Waals surface area contributed by atoms with E-state index >= 15 is 0 Å². The van der Waals surface area contributed by atoms with Crippen molar-refractivity contribution in [2.45, 2.75) is 45.1 Å². The Hall–Kier alpha value is -1.55. The highest BCUT2D eigenvalue weighted by Crippen LogP contribution is 2.26. The third-order valence-electron chi connectivity index (χ3n) is 4.23. The van der Waals surface area contributed by atoms with E-state index in [4.69, 9.17) is 10.5 Å². The smallest absolute Gasteiger partial charge is 0.338 e. The molecule has 21 heavy (non-hydrogen) atoms. The molecule has 0 aliphatic heterocycles. The molecule has 0 spiro atoms. The van der Waals surface area contributed by atoms with Gasteiger partial charge < -0.3 is 15.8 Å². The summed E-state index contributed by atoms with van der Waals surface area (Å²) in [5, 5.41) is 3.47. The highest BCUT2D eigenvalue weighted by atomic mass is 16.5. The summed E-state index contributed by atoms with van der Waals surface area (Å²) in [6.45, 7) is 3.44. The number of likely N-dealkylation sites (N-methyl/N-ethyl adjacent to an activating group) is 1. The summed E-state index contributed by atoms with van der Waals surface area (Å²) >= 11 is 0. The first kappa shape index (κ1) is 15.8. The van der Waals surface area contributed by atoms with Gasteiger partial charge in [0.05, 0.1) is 5.56 Å². The zero-order chi connectivity index (χ0) is 15.1. The van der Waals surface area contributed by atoms with Crippen LogP contribution in [0.25, 0.3) is 0 Å². The first-order valence-electron chi connectivity index (χ1n) is 7.96. The average molecular weight is 290 g/mol. The standard InChI is InChI=1S/C17H26N2O2/c1-2-19-16(13-6-4-3-5-7-13)12-21-17(20)14-8-10-15(18)11-9-14/h8-11,13,16,19H,2-7,12,18H2,1H3. The van der Waals surface area contributed by atoms with Gasteiger partial charge in [0.25, 0.3) is 0 Å². The van der Waals surface area contributed by atoms with E-state index in [9.17, 15) is 4.79 Å². The number of hydrogen-bond donors (Lipinski definition) is 2. The van der Waals surface area contributed by atoms with E-state index in [-0.39, 0.29) is 12.0 Å². The second kappa shape index (κ2) is 8.03. The molecule has 4 heteroatoms. The minimum atomic E-state index is -0.270. The lowest BCUT2D eigenvalue weighted by atomic mass is 9.84. The van der Waals surface area contributed by atoms with E-state index in [1.807, 2.05) is 0 Å². The molecule has 0 amide bonds. The lowest BCUT2D eigenvalue weighted by Gasteiger charge is -2.30. The van der Waals surface area contributed by atoms with Gasteiger partial charge >= 0.3 is 5.97 Å². The SMILES string of the molecule is CCNC(COC(=O)c1ccc(N)cc1)C1CCCCC1. The molecule has 1 aliphatic carbocycles. The Morgan fingerprint density at radius 3 is 2.57 bits per heavy atom. The normalized spacial score (nSPS) is 17.4. The summed E-state index contributed by atoms with van der Waals surface area (Å²) in [4.78, 5) is 12.1. The van der Waals surface area contributed by atoms with Gasteiger partial charge in [-0.15, -0.1) is 0 Å². The van der Waals surface area contributed by atoms with Crippen LogP contribution in [0.2, 0.25) is 0 Å². The number of hydrogen-bond acceptors (Lipinski definition) is 4. The van der Waals surface area contributed by atoms with E-state index in [1.54, 1.807) is 24.3 Å². The number of nitrogens with two attached hydrogens (primary N) is 1. The first-order valence-corrected chi connectivity index (χ1v) is 7.96. The Kier molecular flexibility index (Phi) is 6.05. The van der Waals surface area contributed by atoms with Crippen LogP contribution in [-0.4, -0.2) is 25.2 Å². The lowest BCUT2D eigenvalue weighted by molar-refractivity contribution is 0.0416. The zero-order valence-corrected chi connectivity index (χ0v) is 12.8. The van der Waals surface area contributed by atoms with Crippen molar-refractivity contribution in [1.82, 2.24) is 5.32 Å². The van der Waals surface area contributed by atoms with Crippen LogP contribution >= 0.6 is 0 Å². The fraction of sp³-hybridized carbons (Fsp3) is 0.588. The molecule has 0 aromatic heterocycles. The number of nitrogen functional groups attached to an aromatic ring is 1. The van der Waals surface area contributed by atoms with E-state index in [0.717, 1.165) is 6.54 Å². The maximum atomic E-state index is 12.1. The van der Waals surface area contributed by atoms with E-state index in [0.29, 0.717) is 23.8 Å². The zero-order valence-electron chi connectivity index (χ0n) is 12.8. The van der Waals surface area contributed by atoms with Gasteiger partial charge in [0.2, 0.25) is 0 Å². The Labute approximate surface area is 127 Å². The molecule has 1 aliphatic rings. The van der Waals surface area contributed by atoms with Crippen LogP contribution < -0.4 is 11.1 Å². The van der Waals surface area contributed by atoms with Crippen molar-refractivity contribution in [2.75, 3.05) is 18.9 Å². The van der Waals surface area contributed by atoms with Crippen LogP contribution in [-0.2, 0) is 4.74 Å². The van der Waals surface area contributed by atoms with E-state index < -0.39 is 0 Å².